The number of hydrogen-bond acceptors (Lipinski definition) is 2. The van der Waals surface area contributed by atoms with Crippen LogP contribution in [0.15, 0.2) is 18.2 Å². The number of alkyl halides is 6. The predicted octanol–water partition coefficient (Wildman–Crippen LogP) is 6.10. The molecule has 0 amide bonds. The molecule has 1 rings (SSSR count). The highest BCUT2D eigenvalue weighted by Gasteiger charge is 2.39. The average molecular weight is 370 g/mol. The highest BCUT2D eigenvalue weighted by Crippen LogP contribution is 2.36. The first kappa shape index (κ1) is 21.3. The number of esters is 1. The highest BCUT2D eigenvalue weighted by atomic mass is 19.4. The minimum absolute atomic E-state index is 0.0379. The van der Waals surface area contributed by atoms with E-state index in [9.17, 15) is 31.1 Å². The second-order valence-corrected chi connectivity index (χ2v) is 5.77. The van der Waals surface area contributed by atoms with Crippen molar-refractivity contribution in [1.82, 2.24) is 0 Å². The van der Waals surface area contributed by atoms with Gasteiger partial charge in [-0.1, -0.05) is 33.1 Å². The van der Waals surface area contributed by atoms with Gasteiger partial charge in [-0.3, -0.25) is 0 Å². The first-order valence-electron chi connectivity index (χ1n) is 7.96. The second kappa shape index (κ2) is 8.58. The lowest BCUT2D eigenvalue weighted by Crippen LogP contribution is -2.19. The van der Waals surface area contributed by atoms with E-state index in [0.717, 1.165) is 19.3 Å². The second-order valence-electron chi connectivity index (χ2n) is 5.77. The third kappa shape index (κ3) is 6.25. The molecule has 1 unspecified atom stereocenters. The van der Waals surface area contributed by atoms with Crippen molar-refractivity contribution < 1.29 is 35.9 Å². The molecule has 0 bridgehead atoms. The predicted molar refractivity (Wildman–Crippen MR) is 80.0 cm³/mol. The first-order chi connectivity index (χ1) is 11.5. The summed E-state index contributed by atoms with van der Waals surface area (Å²) in [6, 6.07) is 0.752. The van der Waals surface area contributed by atoms with Crippen molar-refractivity contribution in [3.05, 3.63) is 34.9 Å². The maximum absolute atomic E-state index is 13.0. The largest absolute Gasteiger partial charge is 0.462 e. The summed E-state index contributed by atoms with van der Waals surface area (Å²) in [5, 5.41) is 0. The Balaban J connectivity index is 3.05. The maximum atomic E-state index is 13.0. The van der Waals surface area contributed by atoms with E-state index in [-0.39, 0.29) is 24.7 Å². The SMILES string of the molecule is CCCCC(CC)COC(=O)c1cc(C(F)(F)F)ccc1C(F)(F)F. The summed E-state index contributed by atoms with van der Waals surface area (Å²) in [6.45, 7) is 3.69. The van der Waals surface area contributed by atoms with Gasteiger partial charge in [-0.25, -0.2) is 4.79 Å². The Bertz CT molecular complexity index is 577. The summed E-state index contributed by atoms with van der Waals surface area (Å²) >= 11 is 0. The molecule has 0 N–H and O–H groups in total. The van der Waals surface area contributed by atoms with E-state index >= 15 is 0 Å². The standard InChI is InChI=1S/C17H20F6O2/c1-3-5-6-11(4-2)10-25-15(24)13-9-12(16(18,19)20)7-8-14(13)17(21,22)23/h7-9,11H,3-6,10H2,1-2H3. The fourth-order valence-electron chi connectivity index (χ4n) is 2.31. The molecule has 0 aliphatic carbocycles. The Morgan fingerprint density at radius 2 is 1.72 bits per heavy atom. The van der Waals surface area contributed by atoms with E-state index in [1.165, 1.54) is 0 Å². The van der Waals surface area contributed by atoms with Gasteiger partial charge in [0.15, 0.2) is 0 Å². The van der Waals surface area contributed by atoms with Gasteiger partial charge in [0.25, 0.3) is 0 Å². The number of hydrogen-bond donors (Lipinski definition) is 0. The molecular formula is C17H20F6O2. The molecule has 0 saturated heterocycles. The molecule has 0 aliphatic rings. The molecular weight excluding hydrogens is 350 g/mol. The number of halogens is 6. The van der Waals surface area contributed by atoms with E-state index in [2.05, 4.69) is 0 Å². The lowest BCUT2D eigenvalue weighted by molar-refractivity contribution is -0.141. The molecule has 0 radical (unpaired) electrons. The molecule has 0 aromatic heterocycles. The van der Waals surface area contributed by atoms with Gasteiger partial charge < -0.3 is 4.74 Å². The van der Waals surface area contributed by atoms with E-state index < -0.39 is 35.0 Å². The van der Waals surface area contributed by atoms with Gasteiger partial charge in [0.1, 0.15) is 0 Å². The molecule has 0 heterocycles. The van der Waals surface area contributed by atoms with Gasteiger partial charge >= 0.3 is 18.3 Å². The van der Waals surface area contributed by atoms with Crippen LogP contribution >= 0.6 is 0 Å². The minimum atomic E-state index is -4.95. The van der Waals surface area contributed by atoms with Crippen LogP contribution in [0.4, 0.5) is 26.3 Å². The van der Waals surface area contributed by atoms with Gasteiger partial charge in [0.2, 0.25) is 0 Å². The molecule has 0 saturated carbocycles. The van der Waals surface area contributed by atoms with Crippen molar-refractivity contribution in [2.24, 2.45) is 5.92 Å². The van der Waals surface area contributed by atoms with E-state index in [0.29, 0.717) is 12.5 Å². The number of carbonyl (C=O) groups is 1. The van der Waals surface area contributed by atoms with Crippen LogP contribution in [0.25, 0.3) is 0 Å². The summed E-state index contributed by atoms with van der Waals surface area (Å²) in [5.74, 6) is -1.43. The monoisotopic (exact) mass is 370 g/mol. The van der Waals surface area contributed by atoms with Crippen molar-refractivity contribution >= 4 is 5.97 Å². The van der Waals surface area contributed by atoms with Crippen LogP contribution in [0, 0.1) is 5.92 Å². The number of carbonyl (C=O) groups excluding carboxylic acids is 1. The number of unbranched alkanes of at least 4 members (excludes halogenated alkanes) is 1. The van der Waals surface area contributed by atoms with Crippen LogP contribution in [0.3, 0.4) is 0 Å². The van der Waals surface area contributed by atoms with Crippen molar-refractivity contribution in [2.75, 3.05) is 6.61 Å². The van der Waals surface area contributed by atoms with Crippen LogP contribution < -0.4 is 0 Å². The highest BCUT2D eigenvalue weighted by molar-refractivity contribution is 5.91. The summed E-state index contributed by atoms with van der Waals surface area (Å²) in [7, 11) is 0. The van der Waals surface area contributed by atoms with E-state index in [4.69, 9.17) is 4.74 Å². The molecule has 0 spiro atoms. The lowest BCUT2D eigenvalue weighted by Gasteiger charge is -2.17. The van der Waals surface area contributed by atoms with Gasteiger partial charge in [0.05, 0.1) is 23.3 Å². The fraction of sp³-hybridized carbons (Fsp3) is 0.588. The van der Waals surface area contributed by atoms with Crippen LogP contribution in [0.1, 0.15) is 61.0 Å². The van der Waals surface area contributed by atoms with Gasteiger partial charge in [-0.2, -0.15) is 26.3 Å². The Hall–Kier alpha value is -1.73. The zero-order valence-corrected chi connectivity index (χ0v) is 13.9. The average Bonchev–Trinajstić information content (AvgIpc) is 2.52. The van der Waals surface area contributed by atoms with Crippen LogP contribution in [-0.2, 0) is 17.1 Å². The summed E-state index contributed by atoms with van der Waals surface area (Å²) in [4.78, 5) is 12.0. The number of ether oxygens (including phenoxy) is 1. The summed E-state index contributed by atoms with van der Waals surface area (Å²) in [6.07, 6.45) is -6.64. The molecule has 0 aliphatic heterocycles. The zero-order chi connectivity index (χ0) is 19.3. The van der Waals surface area contributed by atoms with Crippen molar-refractivity contribution in [3.8, 4) is 0 Å². The Morgan fingerprint density at radius 1 is 1.08 bits per heavy atom. The summed E-state index contributed by atoms with van der Waals surface area (Å²) < 4.78 is 82.0. The third-order valence-electron chi connectivity index (χ3n) is 3.87. The van der Waals surface area contributed by atoms with Gasteiger partial charge in [-0.05, 0) is 30.5 Å². The van der Waals surface area contributed by atoms with Crippen molar-refractivity contribution in [1.29, 1.82) is 0 Å². The molecule has 142 valence electrons. The summed E-state index contributed by atoms with van der Waals surface area (Å²) in [5.41, 5.74) is -3.88. The molecule has 1 aromatic rings. The molecule has 8 heteroatoms. The van der Waals surface area contributed by atoms with Gasteiger partial charge in [-0.15, -0.1) is 0 Å². The smallest absolute Gasteiger partial charge is 0.417 e. The van der Waals surface area contributed by atoms with Crippen LogP contribution in [0.2, 0.25) is 0 Å². The molecule has 0 fully saturated rings. The topological polar surface area (TPSA) is 26.3 Å². The quantitative estimate of drug-likeness (QED) is 0.428. The minimum Gasteiger partial charge on any atom is -0.462 e. The normalized spacial score (nSPS) is 13.6. The number of rotatable bonds is 7. The molecule has 2 nitrogen and oxygen atoms in total. The zero-order valence-electron chi connectivity index (χ0n) is 13.9. The van der Waals surface area contributed by atoms with Crippen molar-refractivity contribution in [3.63, 3.8) is 0 Å². The van der Waals surface area contributed by atoms with Gasteiger partial charge in [0, 0.05) is 0 Å². The Labute approximate surface area is 142 Å². The van der Waals surface area contributed by atoms with Crippen LogP contribution in [0.5, 0.6) is 0 Å². The molecule has 25 heavy (non-hydrogen) atoms. The Morgan fingerprint density at radius 3 is 2.20 bits per heavy atom. The Kier molecular flexibility index (Phi) is 7.31. The van der Waals surface area contributed by atoms with E-state index in [1.54, 1.807) is 0 Å². The third-order valence-corrected chi connectivity index (χ3v) is 3.87. The fourth-order valence-corrected chi connectivity index (χ4v) is 2.31. The number of benzene rings is 1. The lowest BCUT2D eigenvalue weighted by atomic mass is 10.00. The maximum Gasteiger partial charge on any atom is 0.417 e. The molecule has 1 atom stereocenters. The van der Waals surface area contributed by atoms with Crippen molar-refractivity contribution in [2.45, 2.75) is 51.9 Å². The van der Waals surface area contributed by atoms with E-state index in [1.807, 2.05) is 13.8 Å². The van der Waals surface area contributed by atoms with Crippen LogP contribution in [-0.4, -0.2) is 12.6 Å². The first-order valence-corrected chi connectivity index (χ1v) is 7.96. The molecule has 1 aromatic carbocycles.